The van der Waals surface area contributed by atoms with E-state index >= 15 is 0 Å². The molecule has 1 aliphatic heterocycles. The zero-order valence-electron chi connectivity index (χ0n) is 16.1. The third-order valence-corrected chi connectivity index (χ3v) is 5.47. The fraction of sp³-hybridized carbons (Fsp3) is 0.474. The molecular weight excluding hydrogens is 398 g/mol. The van der Waals surface area contributed by atoms with Gasteiger partial charge in [0.15, 0.2) is 6.61 Å². The number of unbranched alkanes of at least 4 members (excludes halogenated alkanes) is 2. The van der Waals surface area contributed by atoms with Gasteiger partial charge >= 0.3 is 0 Å². The minimum absolute atomic E-state index is 0.0542. The maximum absolute atomic E-state index is 11.8. The average molecular weight is 424 g/mol. The number of carbonyl (C=O) groups excluding carboxylic acids is 3. The third kappa shape index (κ3) is 7.47. The second-order valence-corrected chi connectivity index (χ2v) is 8.23. The number of hydrogen-bond donors (Lipinski definition) is 2. The van der Waals surface area contributed by atoms with Crippen molar-refractivity contribution in [1.29, 1.82) is 0 Å². The first-order valence-corrected chi connectivity index (χ1v) is 10.5. The zero-order valence-corrected chi connectivity index (χ0v) is 17.7. The Balaban J connectivity index is 1.54. The van der Waals surface area contributed by atoms with Gasteiger partial charge < -0.3 is 4.74 Å². The molecule has 1 saturated heterocycles. The van der Waals surface area contributed by atoms with E-state index in [9.17, 15) is 14.4 Å². The number of rotatable bonds is 9. The van der Waals surface area contributed by atoms with E-state index in [0.717, 1.165) is 24.0 Å². The number of ether oxygens (including phenoxy) is 1. The van der Waals surface area contributed by atoms with Crippen LogP contribution in [0.3, 0.4) is 0 Å². The van der Waals surface area contributed by atoms with Crippen LogP contribution < -0.4 is 15.6 Å². The summed E-state index contributed by atoms with van der Waals surface area (Å²) < 4.78 is 6.07. The summed E-state index contributed by atoms with van der Waals surface area (Å²) in [7, 11) is 0. The largest absolute Gasteiger partial charge is 0.484 e. The second kappa shape index (κ2) is 11.0. The van der Waals surface area contributed by atoms with Crippen LogP contribution in [0.4, 0.5) is 0 Å². The van der Waals surface area contributed by atoms with E-state index in [4.69, 9.17) is 17.0 Å². The van der Waals surface area contributed by atoms with E-state index in [1.165, 1.54) is 11.8 Å². The van der Waals surface area contributed by atoms with Crippen LogP contribution in [0.15, 0.2) is 18.2 Å². The first kappa shape index (κ1) is 22.2. The quantitative estimate of drug-likeness (QED) is 0.360. The molecule has 0 atom stereocenters. The van der Waals surface area contributed by atoms with Crippen LogP contribution in [0, 0.1) is 13.8 Å². The van der Waals surface area contributed by atoms with Gasteiger partial charge in [-0.2, -0.15) is 0 Å². The normalized spacial score (nSPS) is 13.6. The van der Waals surface area contributed by atoms with Gasteiger partial charge in [-0.15, -0.1) is 0 Å². The topological polar surface area (TPSA) is 87.7 Å². The van der Waals surface area contributed by atoms with Crippen molar-refractivity contribution in [3.63, 3.8) is 0 Å². The summed E-state index contributed by atoms with van der Waals surface area (Å²) in [5.74, 6) is 0.412. The van der Waals surface area contributed by atoms with E-state index in [2.05, 4.69) is 10.9 Å². The van der Waals surface area contributed by atoms with Gasteiger partial charge in [0.05, 0.1) is 5.75 Å². The highest BCUT2D eigenvalue weighted by Crippen LogP contribution is 2.20. The molecule has 1 aliphatic rings. The van der Waals surface area contributed by atoms with E-state index in [1.807, 2.05) is 32.0 Å². The molecule has 0 aromatic heterocycles. The molecule has 2 N–H and O–H groups in total. The van der Waals surface area contributed by atoms with Gasteiger partial charge in [0.1, 0.15) is 10.1 Å². The standard InChI is InChI=1S/C19H25N3O4S2/c1-13-8-14(2)10-15(9-13)26-11-17(24)21-20-16(23)6-4-3-5-7-22-18(25)12-28-19(22)27/h8-10H,3-7,11-12H2,1-2H3,(H,20,23)(H,21,24). The molecule has 1 fully saturated rings. The van der Waals surface area contributed by atoms with Gasteiger partial charge in [0.25, 0.3) is 5.91 Å². The Bertz CT molecular complexity index is 718. The highest BCUT2D eigenvalue weighted by molar-refractivity contribution is 8.23. The van der Waals surface area contributed by atoms with E-state index < -0.39 is 5.91 Å². The number of thioether (sulfide) groups is 1. The fourth-order valence-corrected chi connectivity index (χ4v) is 3.85. The van der Waals surface area contributed by atoms with Gasteiger partial charge in [-0.25, -0.2) is 0 Å². The van der Waals surface area contributed by atoms with Crippen molar-refractivity contribution in [3.8, 4) is 5.75 Å². The Morgan fingerprint density at radius 2 is 1.79 bits per heavy atom. The predicted molar refractivity (Wildman–Crippen MR) is 113 cm³/mol. The van der Waals surface area contributed by atoms with Gasteiger partial charge in [-0.05, 0) is 49.9 Å². The molecule has 0 aliphatic carbocycles. The number of hydrogen-bond acceptors (Lipinski definition) is 6. The lowest BCUT2D eigenvalue weighted by Crippen LogP contribution is -2.43. The molecule has 3 amide bonds. The highest BCUT2D eigenvalue weighted by Gasteiger charge is 2.25. The molecule has 1 heterocycles. The number of amides is 3. The monoisotopic (exact) mass is 423 g/mol. The Kier molecular flexibility index (Phi) is 8.72. The summed E-state index contributed by atoms with van der Waals surface area (Å²) in [6.07, 6.45) is 2.55. The maximum Gasteiger partial charge on any atom is 0.276 e. The van der Waals surface area contributed by atoms with Crippen LogP contribution in [0.5, 0.6) is 5.75 Å². The molecule has 7 nitrogen and oxygen atoms in total. The molecule has 1 aromatic rings. The summed E-state index contributed by atoms with van der Waals surface area (Å²) in [6, 6.07) is 5.71. The average Bonchev–Trinajstić information content (AvgIpc) is 2.95. The minimum Gasteiger partial charge on any atom is -0.484 e. The van der Waals surface area contributed by atoms with E-state index in [-0.39, 0.29) is 18.4 Å². The Labute approximate surface area is 174 Å². The first-order chi connectivity index (χ1) is 13.3. The number of aryl methyl sites for hydroxylation is 2. The van der Waals surface area contributed by atoms with Gasteiger partial charge in [-0.1, -0.05) is 36.5 Å². The van der Waals surface area contributed by atoms with Crippen molar-refractivity contribution in [2.45, 2.75) is 39.5 Å². The Morgan fingerprint density at radius 3 is 2.43 bits per heavy atom. The molecule has 2 rings (SSSR count). The van der Waals surface area contributed by atoms with Crippen molar-refractivity contribution in [1.82, 2.24) is 15.8 Å². The van der Waals surface area contributed by atoms with Crippen LogP contribution in [0.1, 0.15) is 36.8 Å². The number of benzene rings is 1. The Morgan fingerprint density at radius 1 is 1.11 bits per heavy atom. The van der Waals surface area contributed by atoms with Crippen molar-refractivity contribution < 1.29 is 19.1 Å². The van der Waals surface area contributed by atoms with Crippen molar-refractivity contribution >= 4 is 46.0 Å². The minimum atomic E-state index is -0.425. The summed E-state index contributed by atoms with van der Waals surface area (Å²) in [4.78, 5) is 36.8. The predicted octanol–water partition coefficient (Wildman–Crippen LogP) is 2.25. The SMILES string of the molecule is Cc1cc(C)cc(OCC(=O)NNC(=O)CCCCCN2C(=O)CSC2=S)c1. The highest BCUT2D eigenvalue weighted by atomic mass is 32.2. The van der Waals surface area contributed by atoms with Crippen LogP contribution in [0.25, 0.3) is 0 Å². The van der Waals surface area contributed by atoms with Crippen LogP contribution in [-0.4, -0.2) is 45.8 Å². The van der Waals surface area contributed by atoms with Crippen molar-refractivity contribution in [3.05, 3.63) is 29.3 Å². The molecule has 0 spiro atoms. The molecular formula is C19H25N3O4S2. The summed E-state index contributed by atoms with van der Waals surface area (Å²) in [6.45, 7) is 4.33. The van der Waals surface area contributed by atoms with E-state index in [0.29, 0.717) is 35.2 Å². The number of hydrazine groups is 1. The van der Waals surface area contributed by atoms with Gasteiger partial charge in [0, 0.05) is 13.0 Å². The number of nitrogens with one attached hydrogen (secondary N) is 2. The van der Waals surface area contributed by atoms with Crippen molar-refractivity contribution in [2.24, 2.45) is 0 Å². The fourth-order valence-electron chi connectivity index (χ4n) is 2.73. The van der Waals surface area contributed by atoms with Crippen LogP contribution in [0.2, 0.25) is 0 Å². The first-order valence-electron chi connectivity index (χ1n) is 9.11. The summed E-state index contributed by atoms with van der Waals surface area (Å²) in [5, 5.41) is 0. The molecule has 152 valence electrons. The smallest absolute Gasteiger partial charge is 0.276 e. The lowest BCUT2D eigenvalue weighted by Gasteiger charge is -2.14. The molecule has 0 saturated carbocycles. The zero-order chi connectivity index (χ0) is 20.5. The van der Waals surface area contributed by atoms with Crippen molar-refractivity contribution in [2.75, 3.05) is 18.9 Å². The van der Waals surface area contributed by atoms with Crippen LogP contribution in [-0.2, 0) is 14.4 Å². The molecule has 28 heavy (non-hydrogen) atoms. The number of carbonyl (C=O) groups is 3. The maximum atomic E-state index is 11.8. The number of nitrogens with zero attached hydrogens (tertiary/aromatic N) is 1. The van der Waals surface area contributed by atoms with Gasteiger partial charge in [-0.3, -0.25) is 30.1 Å². The second-order valence-electron chi connectivity index (χ2n) is 6.62. The molecule has 1 aromatic carbocycles. The summed E-state index contributed by atoms with van der Waals surface area (Å²) in [5.41, 5.74) is 6.83. The van der Waals surface area contributed by atoms with Crippen LogP contribution >= 0.6 is 24.0 Å². The number of thiocarbonyl (C=S) groups is 1. The molecule has 0 unspecified atom stereocenters. The van der Waals surface area contributed by atoms with Gasteiger partial charge in [0.2, 0.25) is 11.8 Å². The summed E-state index contributed by atoms with van der Waals surface area (Å²) >= 11 is 6.50. The third-order valence-electron chi connectivity index (χ3n) is 4.03. The molecule has 0 bridgehead atoms. The Hall–Kier alpha value is -2.13. The molecule has 9 heteroatoms. The van der Waals surface area contributed by atoms with E-state index in [1.54, 1.807) is 4.90 Å². The lowest BCUT2D eigenvalue weighted by atomic mass is 10.1. The molecule has 0 radical (unpaired) electrons. The lowest BCUT2D eigenvalue weighted by molar-refractivity contribution is -0.130.